The summed E-state index contributed by atoms with van der Waals surface area (Å²) < 4.78 is 6.14. The van der Waals surface area contributed by atoms with Crippen molar-refractivity contribution in [1.29, 1.82) is 0 Å². The lowest BCUT2D eigenvalue weighted by Crippen LogP contribution is -2.35. The highest BCUT2D eigenvalue weighted by atomic mass is 16.6. The number of imidazole rings is 1. The molecule has 0 amide bonds. The maximum atomic E-state index is 10.5. The molecule has 0 radical (unpaired) electrons. The summed E-state index contributed by atoms with van der Waals surface area (Å²) in [5.41, 5.74) is 0. The van der Waals surface area contributed by atoms with Gasteiger partial charge in [-0.1, -0.05) is 4.98 Å². The van der Waals surface area contributed by atoms with Crippen LogP contribution < -0.4 is 0 Å². The molecule has 0 unspecified atom stereocenters. The van der Waals surface area contributed by atoms with Crippen LogP contribution in [0.2, 0.25) is 0 Å². The summed E-state index contributed by atoms with van der Waals surface area (Å²) >= 11 is 0. The van der Waals surface area contributed by atoms with Crippen LogP contribution in [-0.4, -0.2) is 55.2 Å². The van der Waals surface area contributed by atoms with Gasteiger partial charge in [0.25, 0.3) is 0 Å². The van der Waals surface area contributed by atoms with Gasteiger partial charge in [0.05, 0.1) is 13.2 Å². The highest BCUT2D eigenvalue weighted by molar-refractivity contribution is 5.05. The van der Waals surface area contributed by atoms with E-state index in [1.54, 1.807) is 0 Å². The van der Waals surface area contributed by atoms with Gasteiger partial charge >= 0.3 is 5.95 Å². The van der Waals surface area contributed by atoms with Crippen LogP contribution in [0.1, 0.15) is 0 Å². The number of hydrogen-bond acceptors (Lipinski definition) is 7. The van der Waals surface area contributed by atoms with Gasteiger partial charge < -0.3 is 30.2 Å². The van der Waals surface area contributed by atoms with Gasteiger partial charge in [0.15, 0.2) is 6.73 Å². The Morgan fingerprint density at radius 3 is 2.76 bits per heavy atom. The Morgan fingerprint density at radius 2 is 2.24 bits per heavy atom. The number of aromatic nitrogens is 2. The molecule has 0 aromatic carbocycles. The summed E-state index contributed by atoms with van der Waals surface area (Å²) in [5, 5.41) is 37.3. The smallest absolute Gasteiger partial charge is 0.394 e. The van der Waals surface area contributed by atoms with E-state index in [9.17, 15) is 15.2 Å². The van der Waals surface area contributed by atoms with Gasteiger partial charge in [-0.15, -0.1) is 0 Å². The molecule has 1 aromatic rings. The van der Waals surface area contributed by atoms with Gasteiger partial charge in [0.1, 0.15) is 24.6 Å². The lowest BCUT2D eigenvalue weighted by molar-refractivity contribution is -0.397. The van der Waals surface area contributed by atoms with Crippen LogP contribution >= 0.6 is 0 Å². The van der Waals surface area contributed by atoms with Crippen LogP contribution in [-0.2, 0) is 11.5 Å². The average Bonchev–Trinajstić information content (AvgIpc) is 2.77. The number of rotatable bonds is 7. The van der Waals surface area contributed by atoms with Crippen molar-refractivity contribution in [3.63, 3.8) is 0 Å². The average molecular weight is 247 g/mol. The summed E-state index contributed by atoms with van der Waals surface area (Å²) in [6.45, 7) is -1.33. The van der Waals surface area contributed by atoms with Crippen LogP contribution in [0.25, 0.3) is 0 Å². The summed E-state index contributed by atoms with van der Waals surface area (Å²) in [7, 11) is 0. The molecule has 9 nitrogen and oxygen atoms in total. The molecule has 1 aromatic heterocycles. The number of hydrogen-bond donors (Lipinski definition) is 3. The van der Waals surface area contributed by atoms with Crippen molar-refractivity contribution in [1.82, 2.24) is 9.55 Å². The molecule has 0 aliphatic rings. The van der Waals surface area contributed by atoms with Gasteiger partial charge in [-0.2, -0.15) is 0 Å². The monoisotopic (exact) mass is 247 g/mol. The van der Waals surface area contributed by atoms with E-state index in [-0.39, 0.29) is 6.73 Å². The molecule has 96 valence electrons. The third kappa shape index (κ3) is 3.46. The first-order chi connectivity index (χ1) is 8.10. The SMILES string of the molecule is O=[N+]([O-])c1nccn1CO[C@@H](CO)[C@@H](O)CO. The maximum absolute atomic E-state index is 10.5. The minimum atomic E-state index is -1.25. The molecule has 2 atom stereocenters. The third-order valence-electron chi connectivity index (χ3n) is 2.08. The zero-order chi connectivity index (χ0) is 12.8. The Bertz CT molecular complexity index is 368. The summed E-state index contributed by atoms with van der Waals surface area (Å²) in [5.74, 6) is -0.403. The highest BCUT2D eigenvalue weighted by Gasteiger charge is 2.21. The number of nitro groups is 1. The van der Waals surface area contributed by atoms with Gasteiger partial charge in [0, 0.05) is 0 Å². The van der Waals surface area contributed by atoms with E-state index in [0.29, 0.717) is 0 Å². The van der Waals surface area contributed by atoms with E-state index in [0.717, 1.165) is 4.57 Å². The van der Waals surface area contributed by atoms with Crippen molar-refractivity contribution in [2.45, 2.75) is 18.9 Å². The quantitative estimate of drug-likeness (QED) is 0.394. The Kier molecular flexibility index (Phi) is 4.97. The molecule has 0 aliphatic carbocycles. The first kappa shape index (κ1) is 13.5. The minimum Gasteiger partial charge on any atom is -0.394 e. The van der Waals surface area contributed by atoms with Crippen molar-refractivity contribution in [3.8, 4) is 0 Å². The molecule has 0 spiro atoms. The molecular formula is C8H13N3O6. The first-order valence-electron chi connectivity index (χ1n) is 4.77. The molecule has 9 heteroatoms. The molecule has 0 saturated carbocycles. The fraction of sp³-hybridized carbons (Fsp3) is 0.625. The molecular weight excluding hydrogens is 234 g/mol. The second kappa shape index (κ2) is 6.25. The molecule has 1 heterocycles. The summed E-state index contributed by atoms with van der Waals surface area (Å²) in [4.78, 5) is 13.3. The van der Waals surface area contributed by atoms with Crippen LogP contribution in [0, 0.1) is 10.1 Å². The van der Waals surface area contributed by atoms with Crippen LogP contribution in [0.15, 0.2) is 12.4 Å². The molecule has 1 rings (SSSR count). The van der Waals surface area contributed by atoms with E-state index in [1.807, 2.05) is 0 Å². The Balaban J connectivity index is 2.59. The van der Waals surface area contributed by atoms with E-state index in [2.05, 4.69) is 4.98 Å². The fourth-order valence-electron chi connectivity index (χ4n) is 1.15. The van der Waals surface area contributed by atoms with Crippen LogP contribution in [0.3, 0.4) is 0 Å². The minimum absolute atomic E-state index is 0.251. The Labute approximate surface area is 96.0 Å². The number of aliphatic hydroxyl groups excluding tert-OH is 3. The summed E-state index contributed by atoms with van der Waals surface area (Å²) in [6, 6.07) is 0. The second-order valence-corrected chi connectivity index (χ2v) is 3.22. The van der Waals surface area contributed by atoms with Crippen molar-refractivity contribution in [2.75, 3.05) is 13.2 Å². The second-order valence-electron chi connectivity index (χ2n) is 3.22. The van der Waals surface area contributed by atoms with E-state index in [1.165, 1.54) is 12.4 Å². The van der Waals surface area contributed by atoms with Crippen molar-refractivity contribution < 1.29 is 25.0 Å². The maximum Gasteiger partial charge on any atom is 0.436 e. The predicted octanol–water partition coefficient (Wildman–Crippen LogP) is -1.52. The number of aliphatic hydroxyl groups is 3. The molecule has 0 aliphatic heterocycles. The zero-order valence-electron chi connectivity index (χ0n) is 8.84. The molecule has 0 fully saturated rings. The molecule has 0 saturated heterocycles. The third-order valence-corrected chi connectivity index (χ3v) is 2.08. The molecule has 17 heavy (non-hydrogen) atoms. The van der Waals surface area contributed by atoms with Gasteiger partial charge in [0.2, 0.25) is 0 Å². The van der Waals surface area contributed by atoms with Crippen molar-refractivity contribution in [3.05, 3.63) is 22.5 Å². The van der Waals surface area contributed by atoms with Gasteiger partial charge in [-0.25, -0.2) is 4.57 Å². The Hall–Kier alpha value is -1.55. The van der Waals surface area contributed by atoms with Gasteiger partial charge in [-0.3, -0.25) is 0 Å². The largest absolute Gasteiger partial charge is 0.436 e. The van der Waals surface area contributed by atoms with Gasteiger partial charge in [-0.05, 0) is 4.92 Å². The lowest BCUT2D eigenvalue weighted by atomic mass is 10.2. The van der Waals surface area contributed by atoms with Crippen LogP contribution in [0.4, 0.5) is 5.95 Å². The lowest BCUT2D eigenvalue weighted by Gasteiger charge is -2.18. The van der Waals surface area contributed by atoms with Crippen LogP contribution in [0.5, 0.6) is 0 Å². The van der Waals surface area contributed by atoms with Crippen molar-refractivity contribution >= 4 is 5.95 Å². The Morgan fingerprint density at radius 1 is 1.53 bits per heavy atom. The highest BCUT2D eigenvalue weighted by Crippen LogP contribution is 2.09. The summed E-state index contributed by atoms with van der Waals surface area (Å²) in [6.07, 6.45) is 0.306. The standard InChI is InChI=1S/C8H13N3O6/c12-3-6(14)7(4-13)17-5-10-2-1-9-8(10)11(15)16/h1-2,6-7,12-14H,3-5H2/t6-,7-/m0/s1. The number of ether oxygens (including phenoxy) is 1. The fourth-order valence-corrected chi connectivity index (χ4v) is 1.15. The predicted molar refractivity (Wildman–Crippen MR) is 53.9 cm³/mol. The van der Waals surface area contributed by atoms with E-state index < -0.39 is 36.3 Å². The van der Waals surface area contributed by atoms with E-state index in [4.69, 9.17) is 14.9 Å². The number of nitrogens with zero attached hydrogens (tertiary/aromatic N) is 3. The topological polar surface area (TPSA) is 131 Å². The van der Waals surface area contributed by atoms with E-state index >= 15 is 0 Å². The molecule has 3 N–H and O–H groups in total. The first-order valence-corrected chi connectivity index (χ1v) is 4.77. The zero-order valence-corrected chi connectivity index (χ0v) is 8.84. The normalized spacial score (nSPS) is 14.5. The molecule has 0 bridgehead atoms. The van der Waals surface area contributed by atoms with Crippen molar-refractivity contribution in [2.24, 2.45) is 0 Å².